The SMILES string of the molecule is O=C(NNC(=O)c1nn(-c2cccc(Br)c2)c2c1CCCC2)c1ccc[nH]1. The Morgan fingerprint density at radius 2 is 1.89 bits per heavy atom. The molecule has 7 nitrogen and oxygen atoms in total. The molecule has 1 aliphatic rings. The first-order valence-electron chi connectivity index (χ1n) is 8.74. The molecule has 4 rings (SSSR count). The summed E-state index contributed by atoms with van der Waals surface area (Å²) in [6, 6.07) is 11.2. The molecule has 3 N–H and O–H groups in total. The van der Waals surface area contributed by atoms with Crippen LogP contribution in [-0.4, -0.2) is 26.6 Å². The normalized spacial score (nSPS) is 13.1. The largest absolute Gasteiger partial charge is 0.357 e. The standard InChI is InChI=1S/C19H18BrN5O2/c20-12-5-3-6-13(11-12)25-16-9-2-1-7-14(16)17(24-25)19(27)23-22-18(26)15-8-4-10-21-15/h3-6,8,10-11,21H,1-2,7,9H2,(H,22,26)(H,23,27). The molecule has 0 radical (unpaired) electrons. The number of carbonyl (C=O) groups excluding carboxylic acids is 2. The van der Waals surface area contributed by atoms with Crippen molar-refractivity contribution in [3.05, 3.63) is 69.7 Å². The van der Waals surface area contributed by atoms with Gasteiger partial charge in [0.15, 0.2) is 5.69 Å². The predicted molar refractivity (Wildman–Crippen MR) is 104 cm³/mol. The van der Waals surface area contributed by atoms with Gasteiger partial charge in [0.25, 0.3) is 11.8 Å². The second kappa shape index (κ2) is 7.40. The summed E-state index contributed by atoms with van der Waals surface area (Å²) in [7, 11) is 0. The van der Waals surface area contributed by atoms with E-state index in [-0.39, 0.29) is 0 Å². The molecule has 0 atom stereocenters. The van der Waals surface area contributed by atoms with E-state index < -0.39 is 11.8 Å². The van der Waals surface area contributed by atoms with Crippen LogP contribution in [-0.2, 0) is 12.8 Å². The van der Waals surface area contributed by atoms with Gasteiger partial charge in [0, 0.05) is 21.9 Å². The van der Waals surface area contributed by atoms with Gasteiger partial charge in [0.05, 0.1) is 5.69 Å². The number of hydrazine groups is 1. The van der Waals surface area contributed by atoms with Crippen LogP contribution in [0.4, 0.5) is 0 Å². The molecule has 1 aliphatic carbocycles. The average Bonchev–Trinajstić information content (AvgIpc) is 3.34. The number of nitrogens with one attached hydrogen (secondary N) is 3. The molecule has 27 heavy (non-hydrogen) atoms. The van der Waals surface area contributed by atoms with Crippen molar-refractivity contribution in [2.24, 2.45) is 0 Å². The minimum absolute atomic E-state index is 0.358. The lowest BCUT2D eigenvalue weighted by Gasteiger charge is -2.14. The van der Waals surface area contributed by atoms with Gasteiger partial charge >= 0.3 is 0 Å². The molecule has 0 unspecified atom stereocenters. The third-order valence-electron chi connectivity index (χ3n) is 4.58. The van der Waals surface area contributed by atoms with Crippen molar-refractivity contribution in [1.82, 2.24) is 25.6 Å². The maximum atomic E-state index is 12.7. The highest BCUT2D eigenvalue weighted by molar-refractivity contribution is 9.10. The van der Waals surface area contributed by atoms with Crippen LogP contribution in [0.5, 0.6) is 0 Å². The molecule has 2 amide bonds. The monoisotopic (exact) mass is 427 g/mol. The number of hydrogen-bond donors (Lipinski definition) is 3. The van der Waals surface area contributed by atoms with Crippen LogP contribution in [0, 0.1) is 0 Å². The second-order valence-corrected chi connectivity index (χ2v) is 7.28. The predicted octanol–water partition coefficient (Wildman–Crippen LogP) is 2.92. The number of hydrogen-bond acceptors (Lipinski definition) is 3. The Balaban J connectivity index is 1.60. The molecule has 0 saturated carbocycles. The summed E-state index contributed by atoms with van der Waals surface area (Å²) in [4.78, 5) is 27.5. The van der Waals surface area contributed by atoms with E-state index in [2.05, 4.69) is 36.9 Å². The van der Waals surface area contributed by atoms with Gasteiger partial charge in [-0.2, -0.15) is 5.10 Å². The molecule has 2 aromatic heterocycles. The molecule has 3 aromatic rings. The molecule has 8 heteroatoms. The van der Waals surface area contributed by atoms with Gasteiger partial charge in [-0.25, -0.2) is 4.68 Å². The Bertz CT molecular complexity index is 994. The van der Waals surface area contributed by atoms with Crippen molar-refractivity contribution in [3.8, 4) is 5.69 Å². The number of halogens is 1. The highest BCUT2D eigenvalue weighted by Crippen LogP contribution is 2.27. The molecule has 0 spiro atoms. The van der Waals surface area contributed by atoms with Crippen molar-refractivity contribution >= 4 is 27.7 Å². The Labute approximate surface area is 164 Å². The number of benzene rings is 1. The van der Waals surface area contributed by atoms with Crippen LogP contribution in [0.25, 0.3) is 5.69 Å². The number of rotatable bonds is 3. The van der Waals surface area contributed by atoms with Crippen molar-refractivity contribution in [1.29, 1.82) is 0 Å². The fourth-order valence-corrected chi connectivity index (χ4v) is 3.70. The van der Waals surface area contributed by atoms with Crippen LogP contribution < -0.4 is 10.9 Å². The van der Waals surface area contributed by atoms with E-state index in [1.807, 2.05) is 28.9 Å². The van der Waals surface area contributed by atoms with E-state index in [0.717, 1.165) is 47.1 Å². The second-order valence-electron chi connectivity index (χ2n) is 6.36. The van der Waals surface area contributed by atoms with E-state index in [9.17, 15) is 9.59 Å². The maximum absolute atomic E-state index is 12.7. The van der Waals surface area contributed by atoms with Gasteiger partial charge in [-0.15, -0.1) is 0 Å². The summed E-state index contributed by atoms with van der Waals surface area (Å²) in [5.74, 6) is -0.824. The first-order valence-corrected chi connectivity index (χ1v) is 9.53. The number of fused-ring (bicyclic) bond motifs is 1. The molecule has 2 heterocycles. The van der Waals surface area contributed by atoms with Crippen LogP contribution in [0.3, 0.4) is 0 Å². The lowest BCUT2D eigenvalue weighted by molar-refractivity contribution is 0.0841. The summed E-state index contributed by atoms with van der Waals surface area (Å²) in [5, 5.41) is 4.57. The zero-order valence-corrected chi connectivity index (χ0v) is 16.0. The number of H-pyrrole nitrogens is 1. The van der Waals surface area contributed by atoms with Crippen LogP contribution in [0.1, 0.15) is 45.1 Å². The average molecular weight is 428 g/mol. The quantitative estimate of drug-likeness (QED) is 0.561. The molecule has 0 bridgehead atoms. The van der Waals surface area contributed by atoms with E-state index in [1.165, 1.54) is 0 Å². The summed E-state index contributed by atoms with van der Waals surface area (Å²) in [6.45, 7) is 0. The van der Waals surface area contributed by atoms with Crippen molar-refractivity contribution in [2.75, 3.05) is 0 Å². The van der Waals surface area contributed by atoms with Crippen LogP contribution in [0.15, 0.2) is 47.1 Å². The van der Waals surface area contributed by atoms with Gasteiger partial charge in [0.1, 0.15) is 5.69 Å². The molecule has 1 aromatic carbocycles. The Kier molecular flexibility index (Phi) is 4.81. The smallest absolute Gasteiger partial charge is 0.290 e. The molecule has 0 aliphatic heterocycles. The van der Waals surface area contributed by atoms with Gasteiger partial charge in [0.2, 0.25) is 0 Å². The van der Waals surface area contributed by atoms with Crippen LogP contribution in [0.2, 0.25) is 0 Å². The first-order chi connectivity index (χ1) is 13.1. The molecule has 0 saturated heterocycles. The van der Waals surface area contributed by atoms with Gasteiger partial charge in [-0.3, -0.25) is 20.4 Å². The third-order valence-corrected chi connectivity index (χ3v) is 5.07. The Hall–Kier alpha value is -2.87. The maximum Gasteiger partial charge on any atom is 0.290 e. The highest BCUT2D eigenvalue weighted by atomic mass is 79.9. The van der Waals surface area contributed by atoms with Crippen molar-refractivity contribution in [3.63, 3.8) is 0 Å². The molecular formula is C19H18BrN5O2. The van der Waals surface area contributed by atoms with Crippen molar-refractivity contribution in [2.45, 2.75) is 25.7 Å². The fraction of sp³-hybridized carbons (Fsp3) is 0.211. The van der Waals surface area contributed by atoms with Gasteiger partial charge < -0.3 is 4.98 Å². The Morgan fingerprint density at radius 1 is 1.07 bits per heavy atom. The summed E-state index contributed by atoms with van der Waals surface area (Å²) in [6.07, 6.45) is 5.41. The minimum Gasteiger partial charge on any atom is -0.357 e. The summed E-state index contributed by atoms with van der Waals surface area (Å²) >= 11 is 3.48. The Morgan fingerprint density at radius 3 is 2.67 bits per heavy atom. The minimum atomic E-state index is -0.415. The van der Waals surface area contributed by atoms with Gasteiger partial charge in [-0.05, 0) is 56.0 Å². The fourth-order valence-electron chi connectivity index (χ4n) is 3.31. The molecule has 0 fully saturated rings. The number of amides is 2. The lowest BCUT2D eigenvalue weighted by Crippen LogP contribution is -2.42. The zero-order valence-electron chi connectivity index (χ0n) is 14.5. The number of nitrogens with zero attached hydrogens (tertiary/aromatic N) is 2. The van der Waals surface area contributed by atoms with E-state index in [0.29, 0.717) is 11.4 Å². The van der Waals surface area contributed by atoms with Crippen LogP contribution >= 0.6 is 15.9 Å². The first kappa shape index (κ1) is 17.5. The molecular weight excluding hydrogens is 410 g/mol. The summed E-state index contributed by atoms with van der Waals surface area (Å²) < 4.78 is 2.78. The topological polar surface area (TPSA) is 91.8 Å². The van der Waals surface area contributed by atoms with E-state index >= 15 is 0 Å². The zero-order chi connectivity index (χ0) is 18.8. The van der Waals surface area contributed by atoms with E-state index in [1.54, 1.807) is 18.3 Å². The number of aromatic nitrogens is 3. The van der Waals surface area contributed by atoms with E-state index in [4.69, 9.17) is 0 Å². The summed E-state index contributed by atoms with van der Waals surface area (Å²) in [5.41, 5.74) is 8.53. The lowest BCUT2D eigenvalue weighted by atomic mass is 9.95. The van der Waals surface area contributed by atoms with Crippen molar-refractivity contribution < 1.29 is 9.59 Å². The number of aromatic amines is 1. The highest BCUT2D eigenvalue weighted by Gasteiger charge is 2.26. The number of carbonyl (C=O) groups is 2. The molecule has 138 valence electrons. The van der Waals surface area contributed by atoms with Gasteiger partial charge in [-0.1, -0.05) is 22.0 Å². The third kappa shape index (κ3) is 3.52.